The van der Waals surface area contributed by atoms with Gasteiger partial charge >= 0.3 is 0 Å². The molecule has 1 atom stereocenters. The summed E-state index contributed by atoms with van der Waals surface area (Å²) in [5, 5.41) is 13.9. The maximum absolute atomic E-state index is 13.4. The average Bonchev–Trinajstić information content (AvgIpc) is 3.56. The number of pyridine rings is 1. The topological polar surface area (TPSA) is 88.1 Å². The zero-order valence-electron chi connectivity index (χ0n) is 20.4. The Morgan fingerprint density at radius 3 is 2.63 bits per heavy atom. The summed E-state index contributed by atoms with van der Waals surface area (Å²) in [6.07, 6.45) is 0.323. The molecule has 38 heavy (non-hydrogen) atoms. The molecule has 0 radical (unpaired) electrons. The molecule has 0 bridgehead atoms. The standard InChI is InChI=1S/C29H22ClN5O2S/c1-17-11-12-20(14-23(17)30)35-16-19(13-26(35)36)28-33-34-29(38-28)32-27(37)22-15-25(18-7-3-2-4-8-18)31-24-10-6-5-9-21(22)24/h2-12,14-15,19H,13,16H2,1H3,(H,32,34,37). The number of aromatic nitrogens is 3. The number of hydrogen-bond acceptors (Lipinski definition) is 6. The van der Waals surface area contributed by atoms with E-state index in [0.29, 0.717) is 39.4 Å². The summed E-state index contributed by atoms with van der Waals surface area (Å²) in [5.41, 5.74) is 4.61. The Hall–Kier alpha value is -4.14. The van der Waals surface area contributed by atoms with E-state index in [1.165, 1.54) is 11.3 Å². The molecule has 188 valence electrons. The smallest absolute Gasteiger partial charge is 0.258 e. The molecule has 6 rings (SSSR count). The third-order valence-corrected chi connectivity index (χ3v) is 8.04. The molecule has 3 heterocycles. The molecule has 9 heteroatoms. The van der Waals surface area contributed by atoms with E-state index in [-0.39, 0.29) is 17.7 Å². The van der Waals surface area contributed by atoms with Crippen molar-refractivity contribution in [2.45, 2.75) is 19.3 Å². The summed E-state index contributed by atoms with van der Waals surface area (Å²) in [6.45, 7) is 2.41. The Balaban J connectivity index is 1.23. The predicted octanol–water partition coefficient (Wildman–Crippen LogP) is 6.49. The van der Waals surface area contributed by atoms with Crippen molar-refractivity contribution in [1.82, 2.24) is 15.2 Å². The van der Waals surface area contributed by atoms with Gasteiger partial charge in [-0.15, -0.1) is 10.2 Å². The minimum Gasteiger partial charge on any atom is -0.312 e. The van der Waals surface area contributed by atoms with E-state index in [4.69, 9.17) is 16.6 Å². The summed E-state index contributed by atoms with van der Waals surface area (Å²) in [4.78, 5) is 32.7. The molecule has 1 fully saturated rings. The first-order chi connectivity index (χ1) is 18.5. The van der Waals surface area contributed by atoms with E-state index < -0.39 is 0 Å². The van der Waals surface area contributed by atoms with E-state index >= 15 is 0 Å². The van der Waals surface area contributed by atoms with Crippen molar-refractivity contribution < 1.29 is 9.59 Å². The molecule has 0 spiro atoms. The van der Waals surface area contributed by atoms with Gasteiger partial charge in [0.05, 0.1) is 16.8 Å². The van der Waals surface area contributed by atoms with Crippen molar-refractivity contribution in [3.63, 3.8) is 0 Å². The van der Waals surface area contributed by atoms with Crippen LogP contribution in [0.2, 0.25) is 5.02 Å². The molecule has 1 saturated heterocycles. The maximum Gasteiger partial charge on any atom is 0.258 e. The van der Waals surface area contributed by atoms with Gasteiger partial charge in [0.2, 0.25) is 11.0 Å². The quantitative estimate of drug-likeness (QED) is 0.276. The lowest BCUT2D eigenvalue weighted by Gasteiger charge is -2.17. The van der Waals surface area contributed by atoms with E-state index in [2.05, 4.69) is 15.5 Å². The number of anilines is 2. The predicted molar refractivity (Wildman–Crippen MR) is 151 cm³/mol. The second-order valence-corrected chi connectivity index (χ2v) is 10.6. The third kappa shape index (κ3) is 4.64. The van der Waals surface area contributed by atoms with Gasteiger partial charge in [0.15, 0.2) is 0 Å². The van der Waals surface area contributed by atoms with Crippen LogP contribution in [-0.2, 0) is 4.79 Å². The van der Waals surface area contributed by atoms with Crippen molar-refractivity contribution in [3.8, 4) is 11.3 Å². The average molecular weight is 540 g/mol. The number of rotatable bonds is 5. The Kier molecular flexibility index (Phi) is 6.35. The molecule has 1 aliphatic heterocycles. The van der Waals surface area contributed by atoms with Gasteiger partial charge in [-0.1, -0.05) is 77.5 Å². The zero-order chi connectivity index (χ0) is 26.2. The molecule has 5 aromatic rings. The van der Waals surface area contributed by atoms with Crippen molar-refractivity contribution >= 4 is 56.5 Å². The number of halogens is 1. The summed E-state index contributed by atoms with van der Waals surface area (Å²) in [7, 11) is 0. The highest BCUT2D eigenvalue weighted by Gasteiger charge is 2.34. The molecule has 2 aromatic heterocycles. The first-order valence-corrected chi connectivity index (χ1v) is 13.3. The van der Waals surface area contributed by atoms with E-state index in [1.54, 1.807) is 11.0 Å². The van der Waals surface area contributed by atoms with Crippen LogP contribution in [0, 0.1) is 6.92 Å². The molecular weight excluding hydrogens is 518 g/mol. The normalized spacial score (nSPS) is 15.3. The third-order valence-electron chi connectivity index (χ3n) is 6.63. The Morgan fingerprint density at radius 1 is 1.03 bits per heavy atom. The molecule has 2 amide bonds. The molecule has 1 aliphatic rings. The lowest BCUT2D eigenvalue weighted by atomic mass is 10.0. The summed E-state index contributed by atoms with van der Waals surface area (Å²) in [5.74, 6) is -0.397. The lowest BCUT2D eigenvalue weighted by molar-refractivity contribution is -0.117. The summed E-state index contributed by atoms with van der Waals surface area (Å²) in [6, 6.07) is 24.7. The molecule has 1 unspecified atom stereocenters. The lowest BCUT2D eigenvalue weighted by Crippen LogP contribution is -2.24. The second-order valence-electron chi connectivity index (χ2n) is 9.18. The SMILES string of the molecule is Cc1ccc(N2CC(c3nnc(NC(=O)c4cc(-c5ccccc5)nc5ccccc45)s3)CC2=O)cc1Cl. The van der Waals surface area contributed by atoms with Crippen LogP contribution >= 0.6 is 22.9 Å². The highest BCUT2D eigenvalue weighted by Crippen LogP contribution is 2.36. The minimum absolute atomic E-state index is 0.00685. The molecule has 3 aromatic carbocycles. The summed E-state index contributed by atoms with van der Waals surface area (Å²) < 4.78 is 0. The fraction of sp³-hybridized carbons (Fsp3) is 0.138. The van der Waals surface area contributed by atoms with E-state index in [1.807, 2.05) is 79.7 Å². The number of nitrogens with zero attached hydrogens (tertiary/aromatic N) is 4. The van der Waals surface area contributed by atoms with Crippen molar-refractivity contribution in [2.75, 3.05) is 16.8 Å². The van der Waals surface area contributed by atoms with Gasteiger partial charge in [-0.25, -0.2) is 4.98 Å². The molecule has 0 saturated carbocycles. The Bertz CT molecular complexity index is 1690. The zero-order valence-corrected chi connectivity index (χ0v) is 22.0. The number of carbonyl (C=O) groups is 2. The minimum atomic E-state index is -0.290. The van der Waals surface area contributed by atoms with Gasteiger partial charge in [0, 0.05) is 40.5 Å². The Labute approximate surface area is 228 Å². The molecule has 7 nitrogen and oxygen atoms in total. The molecular formula is C29H22ClN5O2S. The Morgan fingerprint density at radius 2 is 1.82 bits per heavy atom. The van der Waals surface area contributed by atoms with Gasteiger partial charge in [0.1, 0.15) is 5.01 Å². The van der Waals surface area contributed by atoms with E-state index in [0.717, 1.165) is 27.7 Å². The van der Waals surface area contributed by atoms with Crippen LogP contribution in [-0.4, -0.2) is 33.5 Å². The summed E-state index contributed by atoms with van der Waals surface area (Å²) >= 11 is 7.56. The highest BCUT2D eigenvalue weighted by atomic mass is 35.5. The number of nitrogens with one attached hydrogen (secondary N) is 1. The first-order valence-electron chi connectivity index (χ1n) is 12.1. The van der Waals surface area contributed by atoms with Crippen LogP contribution in [0.1, 0.15) is 33.3 Å². The van der Waals surface area contributed by atoms with Crippen LogP contribution in [0.4, 0.5) is 10.8 Å². The molecule has 1 N–H and O–H groups in total. The number of aryl methyl sites for hydroxylation is 1. The second kappa shape index (κ2) is 9.96. The number of amides is 2. The van der Waals surface area contributed by atoms with E-state index in [9.17, 15) is 9.59 Å². The highest BCUT2D eigenvalue weighted by molar-refractivity contribution is 7.15. The largest absolute Gasteiger partial charge is 0.312 e. The van der Waals surface area contributed by atoms with Gasteiger partial charge in [-0.3, -0.25) is 14.9 Å². The van der Waals surface area contributed by atoms with Crippen molar-refractivity contribution in [2.24, 2.45) is 0 Å². The van der Waals surface area contributed by atoms with Crippen LogP contribution in [0.5, 0.6) is 0 Å². The monoisotopic (exact) mass is 539 g/mol. The van der Waals surface area contributed by atoms with Crippen molar-refractivity contribution in [1.29, 1.82) is 0 Å². The van der Waals surface area contributed by atoms with Crippen LogP contribution in [0.3, 0.4) is 0 Å². The number of fused-ring (bicyclic) bond motifs is 1. The number of para-hydroxylation sites is 1. The van der Waals surface area contributed by atoms with Crippen LogP contribution in [0.25, 0.3) is 22.2 Å². The van der Waals surface area contributed by atoms with Gasteiger partial charge in [-0.2, -0.15) is 0 Å². The first kappa shape index (κ1) is 24.2. The molecule has 0 aliphatic carbocycles. The van der Waals surface area contributed by atoms with Gasteiger partial charge in [-0.05, 0) is 36.8 Å². The number of carbonyl (C=O) groups excluding carboxylic acids is 2. The number of hydrogen-bond donors (Lipinski definition) is 1. The van der Waals surface area contributed by atoms with Gasteiger partial charge in [0.25, 0.3) is 5.91 Å². The maximum atomic E-state index is 13.4. The van der Waals surface area contributed by atoms with Crippen LogP contribution < -0.4 is 10.2 Å². The number of benzene rings is 3. The van der Waals surface area contributed by atoms with Crippen LogP contribution in [0.15, 0.2) is 78.9 Å². The van der Waals surface area contributed by atoms with Gasteiger partial charge < -0.3 is 4.90 Å². The fourth-order valence-corrected chi connectivity index (χ4v) is 5.61. The fourth-order valence-electron chi connectivity index (χ4n) is 4.61. The van der Waals surface area contributed by atoms with Crippen molar-refractivity contribution in [3.05, 3.63) is 100 Å².